The van der Waals surface area contributed by atoms with Gasteiger partial charge in [-0.3, -0.25) is 14.4 Å². The number of hydrogen-bond donors (Lipinski definition) is 2. The molecular weight excluding hydrogens is 582 g/mol. The predicted octanol–water partition coefficient (Wildman–Crippen LogP) is 5.70. The summed E-state index contributed by atoms with van der Waals surface area (Å²) in [6, 6.07) is 14.2. The lowest BCUT2D eigenvalue weighted by atomic mass is 9.88. The van der Waals surface area contributed by atoms with Gasteiger partial charge in [-0.2, -0.15) is 0 Å². The zero-order chi connectivity index (χ0) is 33.1. The fraction of sp³-hybridized carbons (Fsp3) is 0.595. The maximum atomic E-state index is 14.3. The first-order valence-electron chi connectivity index (χ1n) is 17.1. The zero-order valence-corrected chi connectivity index (χ0v) is 28.1. The Hall–Kier alpha value is -3.43. The van der Waals surface area contributed by atoms with Crippen LogP contribution in [0.1, 0.15) is 88.1 Å². The third-order valence-electron chi connectivity index (χ3n) is 9.33. The van der Waals surface area contributed by atoms with Crippen LogP contribution >= 0.6 is 0 Å². The van der Waals surface area contributed by atoms with Crippen LogP contribution < -0.4 is 10.1 Å². The van der Waals surface area contributed by atoms with Crippen molar-refractivity contribution in [2.45, 2.75) is 96.8 Å². The Morgan fingerprint density at radius 2 is 1.74 bits per heavy atom. The molecule has 4 atom stereocenters. The van der Waals surface area contributed by atoms with Crippen molar-refractivity contribution in [3.05, 3.63) is 59.7 Å². The Morgan fingerprint density at radius 1 is 1.02 bits per heavy atom. The summed E-state index contributed by atoms with van der Waals surface area (Å²) in [5.41, 5.74) is 1.72. The second kappa shape index (κ2) is 17.5. The van der Waals surface area contributed by atoms with Gasteiger partial charge in [-0.1, -0.05) is 56.5 Å². The molecule has 0 spiro atoms. The molecule has 1 aliphatic heterocycles. The normalized spacial score (nSPS) is 22.6. The first-order valence-corrected chi connectivity index (χ1v) is 17.1. The van der Waals surface area contributed by atoms with Crippen molar-refractivity contribution in [2.75, 3.05) is 38.7 Å². The highest BCUT2D eigenvalue weighted by Gasteiger charge is 2.32. The van der Waals surface area contributed by atoms with Crippen LogP contribution in [0.2, 0.25) is 0 Å². The maximum absolute atomic E-state index is 14.3. The first kappa shape index (κ1) is 35.4. The molecule has 9 nitrogen and oxygen atoms in total. The van der Waals surface area contributed by atoms with Crippen molar-refractivity contribution < 1.29 is 29.0 Å². The van der Waals surface area contributed by atoms with E-state index in [1.54, 1.807) is 23.1 Å². The number of likely N-dealkylation sites (N-methyl/N-ethyl adjacent to an activating group) is 1. The minimum absolute atomic E-state index is 0.0698. The number of carbonyl (C=O) groups is 3. The Labute approximate surface area is 274 Å². The summed E-state index contributed by atoms with van der Waals surface area (Å²) in [5.74, 6) is 0.0874. The largest absolute Gasteiger partial charge is 0.490 e. The van der Waals surface area contributed by atoms with Gasteiger partial charge in [-0.05, 0) is 69.7 Å². The SMILES string of the molecule is C[C@@H]1CN([C@H](C)CO)C(=O)c2cc(NC(=O)Cc3ccccc3)ccc2O[C@@H](C)CCCCO[C@@H]1CN(C)C(=O)C1CCCCC1. The van der Waals surface area contributed by atoms with Crippen molar-refractivity contribution in [3.63, 3.8) is 0 Å². The summed E-state index contributed by atoms with van der Waals surface area (Å²) in [4.78, 5) is 44.0. The van der Waals surface area contributed by atoms with E-state index >= 15 is 0 Å². The summed E-state index contributed by atoms with van der Waals surface area (Å²) in [6.07, 6.45) is 7.58. The minimum Gasteiger partial charge on any atom is -0.490 e. The van der Waals surface area contributed by atoms with Gasteiger partial charge in [0.2, 0.25) is 11.8 Å². The van der Waals surface area contributed by atoms with Crippen LogP contribution in [0, 0.1) is 11.8 Å². The number of anilines is 1. The number of aliphatic hydroxyl groups excluding tert-OH is 1. The van der Waals surface area contributed by atoms with Crippen LogP contribution in [0.5, 0.6) is 5.75 Å². The molecule has 0 aromatic heterocycles. The molecule has 9 heteroatoms. The highest BCUT2D eigenvalue weighted by Crippen LogP contribution is 2.29. The highest BCUT2D eigenvalue weighted by atomic mass is 16.5. The van der Waals surface area contributed by atoms with Gasteiger partial charge in [-0.15, -0.1) is 0 Å². The molecule has 46 heavy (non-hydrogen) atoms. The second-order valence-corrected chi connectivity index (χ2v) is 13.3. The molecule has 1 heterocycles. The molecule has 0 saturated heterocycles. The van der Waals surface area contributed by atoms with Crippen molar-refractivity contribution in [1.82, 2.24) is 9.80 Å². The third-order valence-corrected chi connectivity index (χ3v) is 9.33. The van der Waals surface area contributed by atoms with E-state index in [0.717, 1.165) is 50.5 Å². The summed E-state index contributed by atoms with van der Waals surface area (Å²) >= 11 is 0. The van der Waals surface area contributed by atoms with E-state index in [4.69, 9.17) is 9.47 Å². The van der Waals surface area contributed by atoms with E-state index in [-0.39, 0.29) is 54.8 Å². The standard InChI is InChI=1S/C37H53N3O6/c1-26-23-40(27(2)25-41)37(44)32-22-31(38-35(42)21-29-14-7-5-8-15-29)18-19-33(32)46-28(3)13-11-12-20-45-34(26)24-39(4)36(43)30-16-9-6-10-17-30/h5,7-8,14-15,18-19,22,26-28,30,34,41H,6,9-13,16-17,20-21,23-25H2,1-4H3,(H,38,42)/t26-,27-,28+,34-/m1/s1. The Morgan fingerprint density at radius 3 is 2.46 bits per heavy atom. The van der Waals surface area contributed by atoms with Gasteiger partial charge in [0.15, 0.2) is 0 Å². The molecule has 2 N–H and O–H groups in total. The van der Waals surface area contributed by atoms with Crippen LogP contribution in [0.15, 0.2) is 48.5 Å². The number of amides is 3. The van der Waals surface area contributed by atoms with Gasteiger partial charge >= 0.3 is 0 Å². The molecule has 252 valence electrons. The topological polar surface area (TPSA) is 108 Å². The van der Waals surface area contributed by atoms with E-state index < -0.39 is 6.04 Å². The molecule has 2 aromatic rings. The lowest BCUT2D eigenvalue weighted by molar-refractivity contribution is -0.138. The molecule has 2 aromatic carbocycles. The fourth-order valence-corrected chi connectivity index (χ4v) is 6.47. The summed E-state index contributed by atoms with van der Waals surface area (Å²) < 4.78 is 12.7. The average Bonchev–Trinajstić information content (AvgIpc) is 3.06. The van der Waals surface area contributed by atoms with E-state index in [2.05, 4.69) is 5.32 Å². The van der Waals surface area contributed by atoms with Crippen molar-refractivity contribution in [2.24, 2.45) is 11.8 Å². The number of ether oxygens (including phenoxy) is 2. The molecule has 1 fully saturated rings. The Balaban J connectivity index is 1.58. The Bertz CT molecular complexity index is 1280. The second-order valence-electron chi connectivity index (χ2n) is 13.3. The van der Waals surface area contributed by atoms with Gasteiger partial charge in [0.05, 0.1) is 36.8 Å². The maximum Gasteiger partial charge on any atom is 0.258 e. The molecule has 1 saturated carbocycles. The van der Waals surface area contributed by atoms with E-state index in [1.807, 2.05) is 63.1 Å². The van der Waals surface area contributed by atoms with Gasteiger partial charge in [-0.25, -0.2) is 0 Å². The van der Waals surface area contributed by atoms with E-state index in [1.165, 1.54) is 6.42 Å². The van der Waals surface area contributed by atoms with Gasteiger partial charge < -0.3 is 29.7 Å². The number of aliphatic hydroxyl groups is 1. The lowest BCUT2D eigenvalue weighted by Crippen LogP contribution is -2.48. The van der Waals surface area contributed by atoms with Gasteiger partial charge in [0.25, 0.3) is 5.91 Å². The fourth-order valence-electron chi connectivity index (χ4n) is 6.47. The number of nitrogens with one attached hydrogen (secondary N) is 1. The molecule has 2 aliphatic rings. The van der Waals surface area contributed by atoms with Crippen LogP contribution in [0.4, 0.5) is 5.69 Å². The van der Waals surface area contributed by atoms with Crippen molar-refractivity contribution in [1.29, 1.82) is 0 Å². The first-order chi connectivity index (χ1) is 22.2. The third kappa shape index (κ3) is 10.0. The quantitative estimate of drug-likeness (QED) is 0.385. The molecule has 0 radical (unpaired) electrons. The number of rotatable bonds is 8. The number of carbonyl (C=O) groups excluding carboxylic acids is 3. The monoisotopic (exact) mass is 635 g/mol. The van der Waals surface area contributed by atoms with E-state index in [0.29, 0.717) is 36.7 Å². The van der Waals surface area contributed by atoms with Gasteiger partial charge in [0, 0.05) is 44.3 Å². The number of nitrogens with zero attached hydrogens (tertiary/aromatic N) is 2. The Kier molecular flexibility index (Phi) is 13.5. The number of hydrogen-bond acceptors (Lipinski definition) is 6. The van der Waals surface area contributed by atoms with Crippen LogP contribution in [0.3, 0.4) is 0 Å². The summed E-state index contributed by atoms with van der Waals surface area (Å²) in [6.45, 7) is 6.94. The van der Waals surface area contributed by atoms with Crippen molar-refractivity contribution >= 4 is 23.4 Å². The molecule has 1 aliphatic carbocycles. The number of fused-ring (bicyclic) bond motifs is 1. The lowest BCUT2D eigenvalue weighted by Gasteiger charge is -2.36. The van der Waals surface area contributed by atoms with E-state index in [9.17, 15) is 19.5 Å². The van der Waals surface area contributed by atoms with Crippen LogP contribution in [0.25, 0.3) is 0 Å². The van der Waals surface area contributed by atoms with Crippen molar-refractivity contribution in [3.8, 4) is 5.75 Å². The molecule has 0 unspecified atom stereocenters. The summed E-state index contributed by atoms with van der Waals surface area (Å²) in [7, 11) is 1.86. The predicted molar refractivity (Wildman–Crippen MR) is 180 cm³/mol. The van der Waals surface area contributed by atoms with Crippen LogP contribution in [-0.4, -0.2) is 84.2 Å². The number of benzene rings is 2. The average molecular weight is 636 g/mol. The highest BCUT2D eigenvalue weighted by molar-refractivity contribution is 6.00. The van der Waals surface area contributed by atoms with Gasteiger partial charge in [0.1, 0.15) is 5.75 Å². The summed E-state index contributed by atoms with van der Waals surface area (Å²) in [5, 5.41) is 13.2. The van der Waals surface area contributed by atoms with Crippen LogP contribution in [-0.2, 0) is 20.7 Å². The minimum atomic E-state index is -0.480. The smallest absolute Gasteiger partial charge is 0.258 e. The molecular formula is C37H53N3O6. The molecule has 0 bridgehead atoms. The molecule has 3 amide bonds. The zero-order valence-electron chi connectivity index (χ0n) is 28.1. The molecule has 4 rings (SSSR count).